The highest BCUT2D eigenvalue weighted by Gasteiger charge is 2.29. The van der Waals surface area contributed by atoms with Gasteiger partial charge in [0.25, 0.3) is 5.91 Å². The van der Waals surface area contributed by atoms with Crippen molar-refractivity contribution in [3.05, 3.63) is 53.4 Å². The smallest absolute Gasteiger partial charge is 0.258 e. The Kier molecular flexibility index (Phi) is 5.77. The van der Waals surface area contributed by atoms with Crippen LogP contribution in [0.25, 0.3) is 0 Å². The first-order valence-electron chi connectivity index (χ1n) is 8.25. The van der Waals surface area contributed by atoms with Crippen LogP contribution in [0.1, 0.15) is 24.6 Å². The van der Waals surface area contributed by atoms with Crippen LogP contribution >= 0.6 is 11.6 Å². The number of likely N-dealkylation sites (tertiary alicyclic amines) is 1. The number of rotatable bonds is 7. The highest BCUT2D eigenvalue weighted by atomic mass is 35.5. The zero-order valence-electron chi connectivity index (χ0n) is 13.5. The molecule has 1 fully saturated rings. The van der Waals surface area contributed by atoms with Gasteiger partial charge in [-0.05, 0) is 36.4 Å². The van der Waals surface area contributed by atoms with E-state index in [0.29, 0.717) is 17.3 Å². The molecule has 0 radical (unpaired) electrons. The fourth-order valence-corrected chi connectivity index (χ4v) is 3.19. The molecule has 5 nitrogen and oxygen atoms in total. The molecule has 128 valence electrons. The summed E-state index contributed by atoms with van der Waals surface area (Å²) in [5.74, 6) is 1.41. The summed E-state index contributed by atoms with van der Waals surface area (Å²) < 4.78 is 11.0. The lowest BCUT2D eigenvalue weighted by atomic mass is 10.2. The minimum atomic E-state index is -0.139. The minimum Gasteiger partial charge on any atom is -0.484 e. The summed E-state index contributed by atoms with van der Waals surface area (Å²) in [5, 5.41) is 3.60. The molecular formula is C18H22ClN2O3+. The molecule has 0 bridgehead atoms. The maximum atomic E-state index is 12.1. The molecule has 1 aliphatic heterocycles. The number of hydrogen-bond donors (Lipinski definition) is 2. The van der Waals surface area contributed by atoms with Gasteiger partial charge in [0.1, 0.15) is 5.75 Å². The van der Waals surface area contributed by atoms with Gasteiger partial charge in [0, 0.05) is 17.9 Å². The van der Waals surface area contributed by atoms with Crippen LogP contribution in [0.3, 0.4) is 0 Å². The number of ether oxygens (including phenoxy) is 1. The lowest BCUT2D eigenvalue weighted by molar-refractivity contribution is -0.919. The molecule has 0 unspecified atom stereocenters. The van der Waals surface area contributed by atoms with Crippen LogP contribution in [-0.4, -0.2) is 32.1 Å². The van der Waals surface area contributed by atoms with E-state index in [2.05, 4.69) is 5.32 Å². The molecule has 1 atom stereocenters. The summed E-state index contributed by atoms with van der Waals surface area (Å²) in [5.41, 5.74) is 0. The first kappa shape index (κ1) is 16.9. The summed E-state index contributed by atoms with van der Waals surface area (Å²) in [4.78, 5) is 13.5. The van der Waals surface area contributed by atoms with Gasteiger partial charge in [0.2, 0.25) is 0 Å². The predicted octanol–water partition coefficient (Wildman–Crippen LogP) is 1.85. The third-order valence-electron chi connectivity index (χ3n) is 4.31. The van der Waals surface area contributed by atoms with Crippen molar-refractivity contribution in [2.45, 2.75) is 18.9 Å². The maximum absolute atomic E-state index is 12.1. The second kappa shape index (κ2) is 8.22. The number of furan rings is 1. The molecule has 6 heteroatoms. The molecule has 1 saturated heterocycles. The van der Waals surface area contributed by atoms with Gasteiger partial charge in [0.15, 0.2) is 18.4 Å². The molecule has 0 spiro atoms. The van der Waals surface area contributed by atoms with Crippen LogP contribution in [0.2, 0.25) is 5.02 Å². The second-order valence-electron chi connectivity index (χ2n) is 5.98. The minimum absolute atomic E-state index is 0.0121. The summed E-state index contributed by atoms with van der Waals surface area (Å²) in [6.07, 6.45) is 4.13. The molecule has 1 amide bonds. The van der Waals surface area contributed by atoms with Crippen molar-refractivity contribution in [3.8, 4) is 5.75 Å². The molecule has 1 aromatic heterocycles. The molecule has 2 heterocycles. The summed E-state index contributed by atoms with van der Waals surface area (Å²) >= 11 is 5.82. The summed E-state index contributed by atoms with van der Waals surface area (Å²) in [6.45, 7) is 2.76. The normalized spacial score (nSPS) is 16.0. The third-order valence-corrected chi connectivity index (χ3v) is 4.56. The molecular weight excluding hydrogens is 328 g/mol. The second-order valence-corrected chi connectivity index (χ2v) is 6.42. The lowest BCUT2D eigenvalue weighted by Crippen LogP contribution is -3.11. The van der Waals surface area contributed by atoms with Gasteiger partial charge in [-0.2, -0.15) is 0 Å². The Balaban J connectivity index is 1.50. The Bertz CT molecular complexity index is 637. The zero-order valence-corrected chi connectivity index (χ0v) is 14.2. The van der Waals surface area contributed by atoms with Crippen LogP contribution in [0.4, 0.5) is 0 Å². The third kappa shape index (κ3) is 4.52. The van der Waals surface area contributed by atoms with Gasteiger partial charge in [-0.3, -0.25) is 4.79 Å². The average Bonchev–Trinajstić information content (AvgIpc) is 3.29. The van der Waals surface area contributed by atoms with Gasteiger partial charge in [-0.1, -0.05) is 11.6 Å². The highest BCUT2D eigenvalue weighted by molar-refractivity contribution is 6.30. The van der Waals surface area contributed by atoms with E-state index in [4.69, 9.17) is 20.8 Å². The largest absolute Gasteiger partial charge is 0.484 e. The van der Waals surface area contributed by atoms with E-state index in [0.717, 1.165) is 18.8 Å². The zero-order chi connectivity index (χ0) is 16.8. The first-order valence-corrected chi connectivity index (χ1v) is 8.63. The number of carbonyl (C=O) groups is 1. The van der Waals surface area contributed by atoms with Gasteiger partial charge in [-0.25, -0.2) is 0 Å². The summed E-state index contributed by atoms with van der Waals surface area (Å²) in [6, 6.07) is 11.0. The van der Waals surface area contributed by atoms with Crippen molar-refractivity contribution < 1.29 is 18.8 Å². The van der Waals surface area contributed by atoms with E-state index in [1.54, 1.807) is 30.5 Å². The van der Waals surface area contributed by atoms with Crippen molar-refractivity contribution >= 4 is 17.5 Å². The number of hydrogen-bond acceptors (Lipinski definition) is 3. The standard InChI is InChI=1S/C18H21ClN2O3/c19-14-5-7-15(8-6-14)24-13-18(22)20-12-16(17-4-3-11-23-17)21-9-1-2-10-21/h3-8,11,16H,1-2,9-10,12-13H2,(H,20,22)/p+1/t16-/m1/s1. The fraction of sp³-hybridized carbons (Fsp3) is 0.389. The van der Waals surface area contributed by atoms with E-state index in [9.17, 15) is 4.79 Å². The SMILES string of the molecule is O=C(COc1ccc(Cl)cc1)NC[C@H](c1ccco1)[NH+]1CCCC1. The van der Waals surface area contributed by atoms with Crippen molar-refractivity contribution in [3.63, 3.8) is 0 Å². The molecule has 1 aromatic carbocycles. The Labute approximate surface area is 146 Å². The molecule has 2 N–H and O–H groups in total. The monoisotopic (exact) mass is 349 g/mol. The van der Waals surface area contributed by atoms with Crippen molar-refractivity contribution in [1.82, 2.24) is 5.32 Å². The van der Waals surface area contributed by atoms with Gasteiger partial charge >= 0.3 is 0 Å². The lowest BCUT2D eigenvalue weighted by Gasteiger charge is -2.23. The van der Waals surface area contributed by atoms with E-state index in [1.165, 1.54) is 17.7 Å². The van der Waals surface area contributed by atoms with Gasteiger partial charge in [-0.15, -0.1) is 0 Å². The highest BCUT2D eigenvalue weighted by Crippen LogP contribution is 2.15. The van der Waals surface area contributed by atoms with Crippen LogP contribution < -0.4 is 15.0 Å². The molecule has 0 saturated carbocycles. The number of nitrogens with one attached hydrogen (secondary N) is 2. The predicted molar refractivity (Wildman–Crippen MR) is 91.3 cm³/mol. The van der Waals surface area contributed by atoms with Crippen LogP contribution in [0.5, 0.6) is 5.75 Å². The number of quaternary nitrogens is 1. The quantitative estimate of drug-likeness (QED) is 0.802. The molecule has 2 aromatic rings. The number of carbonyl (C=O) groups excluding carboxylic acids is 1. The van der Waals surface area contributed by atoms with Crippen LogP contribution in [-0.2, 0) is 4.79 Å². The Morgan fingerprint density at radius 1 is 1.25 bits per heavy atom. The van der Waals surface area contributed by atoms with Crippen LogP contribution in [0, 0.1) is 0 Å². The van der Waals surface area contributed by atoms with E-state index >= 15 is 0 Å². The first-order chi connectivity index (χ1) is 11.7. The van der Waals surface area contributed by atoms with Crippen molar-refractivity contribution in [2.24, 2.45) is 0 Å². The number of amides is 1. The van der Waals surface area contributed by atoms with Crippen LogP contribution in [0.15, 0.2) is 47.1 Å². The molecule has 3 rings (SSSR count). The number of halogens is 1. The molecule has 1 aliphatic rings. The molecule has 0 aliphatic carbocycles. The van der Waals surface area contributed by atoms with E-state index in [-0.39, 0.29) is 18.6 Å². The number of benzene rings is 1. The average molecular weight is 350 g/mol. The van der Waals surface area contributed by atoms with Gasteiger partial charge in [0.05, 0.1) is 25.9 Å². The van der Waals surface area contributed by atoms with E-state index in [1.807, 2.05) is 12.1 Å². The maximum Gasteiger partial charge on any atom is 0.258 e. The Hall–Kier alpha value is -1.98. The van der Waals surface area contributed by atoms with Crippen molar-refractivity contribution in [2.75, 3.05) is 26.2 Å². The van der Waals surface area contributed by atoms with E-state index < -0.39 is 0 Å². The summed E-state index contributed by atoms with van der Waals surface area (Å²) in [7, 11) is 0. The molecule has 24 heavy (non-hydrogen) atoms. The van der Waals surface area contributed by atoms with Crippen molar-refractivity contribution in [1.29, 1.82) is 0 Å². The Morgan fingerprint density at radius 2 is 2.00 bits per heavy atom. The Morgan fingerprint density at radius 3 is 2.67 bits per heavy atom. The topological polar surface area (TPSA) is 55.9 Å². The fourth-order valence-electron chi connectivity index (χ4n) is 3.06. The van der Waals surface area contributed by atoms with Gasteiger partial charge < -0.3 is 19.4 Å².